The minimum absolute atomic E-state index is 0.0435. The molecule has 5 nitrogen and oxygen atoms in total. The Labute approximate surface area is 146 Å². The number of aromatic hydroxyl groups is 1. The van der Waals surface area contributed by atoms with E-state index in [4.69, 9.17) is 5.11 Å². The minimum atomic E-state index is -1.15. The van der Waals surface area contributed by atoms with Crippen LogP contribution in [-0.4, -0.2) is 22.1 Å². The molecule has 0 unspecified atom stereocenters. The lowest BCUT2D eigenvalue weighted by atomic mass is 9.73. The number of hydrogen-bond donors (Lipinski definition) is 3. The van der Waals surface area contributed by atoms with Gasteiger partial charge in [0.2, 0.25) is 0 Å². The number of aryl methyl sites for hydroxylation is 1. The lowest BCUT2D eigenvalue weighted by Gasteiger charge is -2.33. The van der Waals surface area contributed by atoms with Gasteiger partial charge in [0.25, 0.3) is 5.91 Å². The van der Waals surface area contributed by atoms with Crippen molar-refractivity contribution in [3.05, 3.63) is 58.7 Å². The van der Waals surface area contributed by atoms with Gasteiger partial charge in [0.15, 0.2) is 0 Å². The molecule has 0 fully saturated rings. The van der Waals surface area contributed by atoms with Crippen LogP contribution in [0.4, 0.5) is 5.69 Å². The van der Waals surface area contributed by atoms with E-state index in [-0.39, 0.29) is 22.3 Å². The van der Waals surface area contributed by atoms with Crippen LogP contribution >= 0.6 is 0 Å². The van der Waals surface area contributed by atoms with Crippen molar-refractivity contribution in [2.45, 2.75) is 38.5 Å². The third-order valence-electron chi connectivity index (χ3n) is 4.83. The van der Waals surface area contributed by atoms with Gasteiger partial charge in [-0.2, -0.15) is 0 Å². The predicted molar refractivity (Wildman–Crippen MR) is 95.4 cm³/mol. The number of carboxylic acids is 1. The largest absolute Gasteiger partial charge is 0.507 e. The number of benzene rings is 2. The molecule has 2 aromatic rings. The van der Waals surface area contributed by atoms with Crippen molar-refractivity contribution in [1.29, 1.82) is 0 Å². The molecule has 0 aliphatic heterocycles. The molecule has 3 rings (SSSR count). The van der Waals surface area contributed by atoms with E-state index in [1.165, 1.54) is 23.3 Å². The van der Waals surface area contributed by atoms with E-state index in [9.17, 15) is 14.7 Å². The monoisotopic (exact) mass is 339 g/mol. The zero-order valence-electron chi connectivity index (χ0n) is 14.3. The first kappa shape index (κ1) is 17.0. The number of phenols is 1. The number of carbonyl (C=O) groups excluding carboxylic acids is 1. The number of carboxylic acid groups (broad SMARTS) is 1. The summed E-state index contributed by atoms with van der Waals surface area (Å²) in [4.78, 5) is 23.3. The van der Waals surface area contributed by atoms with Crippen LogP contribution in [0, 0.1) is 0 Å². The van der Waals surface area contributed by atoms with E-state index >= 15 is 0 Å². The Morgan fingerprint density at radius 3 is 2.56 bits per heavy atom. The summed E-state index contributed by atoms with van der Waals surface area (Å²) in [5.74, 6) is -1.97. The summed E-state index contributed by atoms with van der Waals surface area (Å²) in [6, 6.07) is 9.59. The quantitative estimate of drug-likeness (QED) is 0.790. The molecule has 0 bridgehead atoms. The maximum atomic E-state index is 12.4. The zero-order chi connectivity index (χ0) is 18.2. The first-order valence-electron chi connectivity index (χ1n) is 8.29. The van der Waals surface area contributed by atoms with Gasteiger partial charge < -0.3 is 15.5 Å². The highest BCUT2D eigenvalue weighted by Crippen LogP contribution is 2.38. The highest BCUT2D eigenvalue weighted by atomic mass is 16.4. The third-order valence-corrected chi connectivity index (χ3v) is 4.83. The summed E-state index contributed by atoms with van der Waals surface area (Å²) in [5, 5.41) is 21.7. The maximum absolute atomic E-state index is 12.4. The van der Waals surface area contributed by atoms with Gasteiger partial charge >= 0.3 is 5.97 Å². The van der Waals surface area contributed by atoms with E-state index in [2.05, 4.69) is 19.2 Å². The second kappa shape index (κ2) is 6.24. The highest BCUT2D eigenvalue weighted by Gasteiger charge is 2.27. The molecule has 0 saturated heterocycles. The number of aromatic carboxylic acids is 1. The molecule has 0 saturated carbocycles. The van der Waals surface area contributed by atoms with Crippen LogP contribution in [0.5, 0.6) is 5.75 Å². The lowest BCUT2D eigenvalue weighted by molar-refractivity contribution is 0.0696. The highest BCUT2D eigenvalue weighted by molar-refractivity contribution is 6.06. The molecule has 0 aromatic heterocycles. The first-order chi connectivity index (χ1) is 11.8. The first-order valence-corrected chi connectivity index (χ1v) is 8.29. The molecular formula is C20H21NO4. The van der Waals surface area contributed by atoms with Crippen molar-refractivity contribution in [1.82, 2.24) is 0 Å². The number of phenolic OH excluding ortho intramolecular Hbond substituents is 1. The van der Waals surface area contributed by atoms with Gasteiger partial charge in [-0.15, -0.1) is 0 Å². The Bertz CT molecular complexity index is 855. The van der Waals surface area contributed by atoms with Gasteiger partial charge in [0.1, 0.15) is 5.75 Å². The van der Waals surface area contributed by atoms with Gasteiger partial charge in [-0.3, -0.25) is 4.79 Å². The van der Waals surface area contributed by atoms with Crippen LogP contribution in [0.15, 0.2) is 36.4 Å². The van der Waals surface area contributed by atoms with E-state index in [0.717, 1.165) is 25.3 Å². The molecule has 1 amide bonds. The normalized spacial score (nSPS) is 15.3. The number of amides is 1. The molecule has 3 N–H and O–H groups in total. The summed E-state index contributed by atoms with van der Waals surface area (Å²) in [5.41, 5.74) is 3.26. The van der Waals surface area contributed by atoms with Crippen LogP contribution in [0.25, 0.3) is 0 Å². The SMILES string of the molecule is CC1(C)CCCc2ccc(NC(=O)c3ccc(C(=O)O)cc3O)cc21. The Hall–Kier alpha value is -2.82. The van der Waals surface area contributed by atoms with Gasteiger partial charge in [-0.05, 0) is 66.1 Å². The fourth-order valence-corrected chi connectivity index (χ4v) is 3.41. The van der Waals surface area contributed by atoms with Crippen molar-refractivity contribution in [2.75, 3.05) is 5.32 Å². The van der Waals surface area contributed by atoms with Crippen molar-refractivity contribution >= 4 is 17.6 Å². The van der Waals surface area contributed by atoms with E-state index in [0.29, 0.717) is 5.69 Å². The average molecular weight is 339 g/mol. The number of rotatable bonds is 3. The maximum Gasteiger partial charge on any atom is 0.335 e. The topological polar surface area (TPSA) is 86.6 Å². The fourth-order valence-electron chi connectivity index (χ4n) is 3.41. The molecule has 0 atom stereocenters. The average Bonchev–Trinajstić information content (AvgIpc) is 2.55. The standard InChI is InChI=1S/C20H21NO4/c1-20(2)9-3-4-12-5-7-14(11-16(12)20)21-18(23)15-8-6-13(19(24)25)10-17(15)22/h5-8,10-11,22H,3-4,9H2,1-2H3,(H,21,23)(H,24,25). The van der Waals surface area contributed by atoms with Gasteiger partial charge in [0, 0.05) is 5.69 Å². The Morgan fingerprint density at radius 2 is 1.88 bits per heavy atom. The minimum Gasteiger partial charge on any atom is -0.507 e. The van der Waals surface area contributed by atoms with E-state index in [1.54, 1.807) is 0 Å². The van der Waals surface area contributed by atoms with Crippen molar-refractivity contribution in [3.8, 4) is 5.75 Å². The van der Waals surface area contributed by atoms with Crippen LogP contribution in [0.2, 0.25) is 0 Å². The van der Waals surface area contributed by atoms with Crippen molar-refractivity contribution in [2.24, 2.45) is 0 Å². The molecule has 130 valence electrons. The second-order valence-corrected chi connectivity index (χ2v) is 7.10. The van der Waals surface area contributed by atoms with Gasteiger partial charge in [-0.25, -0.2) is 4.79 Å². The fraction of sp³-hybridized carbons (Fsp3) is 0.300. The second-order valence-electron chi connectivity index (χ2n) is 7.10. The smallest absolute Gasteiger partial charge is 0.335 e. The Kier molecular flexibility index (Phi) is 4.25. The molecule has 5 heteroatoms. The lowest BCUT2D eigenvalue weighted by Crippen LogP contribution is -2.24. The molecule has 1 aliphatic carbocycles. The number of hydrogen-bond acceptors (Lipinski definition) is 3. The van der Waals surface area contributed by atoms with Crippen molar-refractivity contribution in [3.63, 3.8) is 0 Å². The number of anilines is 1. The van der Waals surface area contributed by atoms with Crippen LogP contribution < -0.4 is 5.32 Å². The molecule has 2 aromatic carbocycles. The number of nitrogens with one attached hydrogen (secondary N) is 1. The van der Waals surface area contributed by atoms with Crippen LogP contribution in [0.1, 0.15) is 58.5 Å². The Balaban J connectivity index is 1.86. The van der Waals surface area contributed by atoms with E-state index < -0.39 is 11.9 Å². The summed E-state index contributed by atoms with van der Waals surface area (Å²) >= 11 is 0. The summed E-state index contributed by atoms with van der Waals surface area (Å²) in [7, 11) is 0. The molecule has 25 heavy (non-hydrogen) atoms. The number of fused-ring (bicyclic) bond motifs is 1. The molecule has 0 radical (unpaired) electrons. The Morgan fingerprint density at radius 1 is 1.12 bits per heavy atom. The van der Waals surface area contributed by atoms with Gasteiger partial charge in [-0.1, -0.05) is 19.9 Å². The molecule has 0 heterocycles. The summed E-state index contributed by atoms with van der Waals surface area (Å²) in [6.07, 6.45) is 3.31. The third kappa shape index (κ3) is 3.36. The van der Waals surface area contributed by atoms with Crippen LogP contribution in [0.3, 0.4) is 0 Å². The molecule has 1 aliphatic rings. The van der Waals surface area contributed by atoms with E-state index in [1.807, 2.05) is 18.2 Å². The molecule has 0 spiro atoms. The van der Waals surface area contributed by atoms with Crippen molar-refractivity contribution < 1.29 is 19.8 Å². The summed E-state index contributed by atoms with van der Waals surface area (Å²) < 4.78 is 0. The van der Waals surface area contributed by atoms with Crippen LogP contribution in [-0.2, 0) is 11.8 Å². The summed E-state index contributed by atoms with van der Waals surface area (Å²) in [6.45, 7) is 4.40. The number of carbonyl (C=O) groups is 2. The van der Waals surface area contributed by atoms with Gasteiger partial charge in [0.05, 0.1) is 11.1 Å². The molecular weight excluding hydrogens is 318 g/mol. The zero-order valence-corrected chi connectivity index (χ0v) is 14.3. The predicted octanol–water partition coefficient (Wildman–Crippen LogP) is 3.96.